The monoisotopic (exact) mass is 453 g/mol. The lowest BCUT2D eigenvalue weighted by atomic mass is 9.74. The summed E-state index contributed by atoms with van der Waals surface area (Å²) in [6.07, 6.45) is 6.00. The predicted octanol–water partition coefficient (Wildman–Crippen LogP) is 4.76. The topological polar surface area (TPSA) is 66.0 Å². The molecule has 6 nitrogen and oxygen atoms in total. The second-order valence-electron chi connectivity index (χ2n) is 8.16. The van der Waals surface area contributed by atoms with Crippen molar-refractivity contribution in [2.75, 3.05) is 40.1 Å². The maximum Gasteiger partial charge on any atom is 0.244 e. The van der Waals surface area contributed by atoms with Crippen LogP contribution in [-0.2, 0) is 14.9 Å². The Morgan fingerprint density at radius 1 is 1.06 bits per heavy atom. The minimum absolute atomic E-state index is 0.128. The van der Waals surface area contributed by atoms with Crippen molar-refractivity contribution in [3.05, 3.63) is 59.7 Å². The summed E-state index contributed by atoms with van der Waals surface area (Å²) in [5.74, 6) is 2.09. The van der Waals surface area contributed by atoms with Crippen LogP contribution < -0.4 is 19.5 Å². The average molecular weight is 454 g/mol. The lowest BCUT2D eigenvalue weighted by Crippen LogP contribution is -2.44. The van der Waals surface area contributed by atoms with Crippen molar-refractivity contribution in [3.8, 4) is 17.2 Å². The first-order chi connectivity index (χ1) is 16.1. The van der Waals surface area contributed by atoms with E-state index in [4.69, 9.17) is 18.9 Å². The highest BCUT2D eigenvalue weighted by molar-refractivity contribution is 5.91. The lowest BCUT2D eigenvalue weighted by Gasteiger charge is -2.38. The summed E-state index contributed by atoms with van der Waals surface area (Å²) in [5.41, 5.74) is 1.93. The molecular weight excluding hydrogens is 418 g/mol. The van der Waals surface area contributed by atoms with Gasteiger partial charge in [0.1, 0.15) is 5.75 Å². The molecular formula is C27H35NO5. The molecule has 0 unspecified atom stereocenters. The van der Waals surface area contributed by atoms with Gasteiger partial charge in [-0.1, -0.05) is 25.1 Å². The Morgan fingerprint density at radius 2 is 1.82 bits per heavy atom. The fourth-order valence-electron chi connectivity index (χ4n) is 4.01. The largest absolute Gasteiger partial charge is 0.494 e. The molecule has 1 aliphatic heterocycles. The van der Waals surface area contributed by atoms with Gasteiger partial charge in [-0.25, -0.2) is 0 Å². The molecule has 0 spiro atoms. The summed E-state index contributed by atoms with van der Waals surface area (Å²) in [6.45, 7) is 7.23. The molecule has 0 bridgehead atoms. The van der Waals surface area contributed by atoms with Gasteiger partial charge in [-0.15, -0.1) is 0 Å². The molecule has 0 saturated carbocycles. The molecule has 178 valence electrons. The maximum atomic E-state index is 12.6. The zero-order valence-electron chi connectivity index (χ0n) is 19.9. The molecule has 2 aromatic rings. The summed E-state index contributed by atoms with van der Waals surface area (Å²) in [7, 11) is 1.61. The normalized spacial score (nSPS) is 15.2. The van der Waals surface area contributed by atoms with E-state index in [0.29, 0.717) is 44.5 Å². The average Bonchev–Trinajstić information content (AvgIpc) is 2.86. The van der Waals surface area contributed by atoms with Gasteiger partial charge >= 0.3 is 0 Å². The number of hydrogen-bond donors (Lipinski definition) is 1. The van der Waals surface area contributed by atoms with E-state index in [-0.39, 0.29) is 11.3 Å². The van der Waals surface area contributed by atoms with Crippen LogP contribution in [0.3, 0.4) is 0 Å². The van der Waals surface area contributed by atoms with Gasteiger partial charge in [-0.3, -0.25) is 4.79 Å². The molecule has 1 aliphatic rings. The van der Waals surface area contributed by atoms with Gasteiger partial charge in [0.15, 0.2) is 11.5 Å². The fourth-order valence-corrected chi connectivity index (χ4v) is 4.01. The third-order valence-electron chi connectivity index (χ3n) is 5.91. The molecule has 0 aliphatic carbocycles. The van der Waals surface area contributed by atoms with Crippen LogP contribution in [0.5, 0.6) is 17.2 Å². The third kappa shape index (κ3) is 6.75. The van der Waals surface area contributed by atoms with Crippen LogP contribution in [0, 0.1) is 0 Å². The number of nitrogens with one attached hydrogen (secondary N) is 1. The third-order valence-corrected chi connectivity index (χ3v) is 5.91. The summed E-state index contributed by atoms with van der Waals surface area (Å²) >= 11 is 0. The zero-order chi connectivity index (χ0) is 23.5. The Labute approximate surface area is 196 Å². The Kier molecular flexibility index (Phi) is 9.19. The van der Waals surface area contributed by atoms with E-state index in [0.717, 1.165) is 30.6 Å². The second kappa shape index (κ2) is 12.3. The lowest BCUT2D eigenvalue weighted by molar-refractivity contribution is -0.116. The number of methoxy groups -OCH3 is 1. The Bertz CT molecular complexity index is 917. The highest BCUT2D eigenvalue weighted by Crippen LogP contribution is 2.35. The number of carbonyl (C=O) groups is 1. The van der Waals surface area contributed by atoms with Crippen molar-refractivity contribution in [2.45, 2.75) is 38.5 Å². The molecule has 33 heavy (non-hydrogen) atoms. The van der Waals surface area contributed by atoms with Crippen LogP contribution in [0.25, 0.3) is 6.08 Å². The SMILES string of the molecule is CCCOc1ccc(C=CC(=O)NCC2(c3ccc(OCC)cc3)CCOCC2)cc1OC. The molecule has 2 aromatic carbocycles. The summed E-state index contributed by atoms with van der Waals surface area (Å²) in [6, 6.07) is 13.9. The standard InChI is InChI=1S/C27H35NO5/c1-4-16-33-24-12-6-21(19-25(24)30-3)7-13-26(29)28-20-27(14-17-31-18-15-27)22-8-10-23(11-9-22)32-5-2/h6-13,19H,4-5,14-18,20H2,1-3H3,(H,28,29). The molecule has 0 atom stereocenters. The van der Waals surface area contributed by atoms with Crippen molar-refractivity contribution >= 4 is 12.0 Å². The van der Waals surface area contributed by atoms with Crippen LogP contribution in [0.15, 0.2) is 48.5 Å². The zero-order valence-corrected chi connectivity index (χ0v) is 19.9. The van der Waals surface area contributed by atoms with E-state index in [9.17, 15) is 4.79 Å². The van der Waals surface area contributed by atoms with Crippen molar-refractivity contribution in [1.29, 1.82) is 0 Å². The summed E-state index contributed by atoms with van der Waals surface area (Å²) in [5, 5.41) is 3.10. The Balaban J connectivity index is 1.65. The minimum atomic E-state index is -0.145. The molecule has 1 fully saturated rings. The van der Waals surface area contributed by atoms with Crippen LogP contribution in [0.4, 0.5) is 0 Å². The van der Waals surface area contributed by atoms with Crippen LogP contribution in [-0.4, -0.2) is 46.0 Å². The Hall–Kier alpha value is -2.99. The van der Waals surface area contributed by atoms with Gasteiger partial charge in [-0.2, -0.15) is 0 Å². The van der Waals surface area contributed by atoms with Crippen LogP contribution in [0.2, 0.25) is 0 Å². The van der Waals surface area contributed by atoms with E-state index in [1.165, 1.54) is 5.56 Å². The Morgan fingerprint density at radius 3 is 2.48 bits per heavy atom. The molecule has 1 heterocycles. The molecule has 1 saturated heterocycles. The number of rotatable bonds is 11. The summed E-state index contributed by atoms with van der Waals surface area (Å²) < 4.78 is 22.3. The highest BCUT2D eigenvalue weighted by Gasteiger charge is 2.34. The van der Waals surface area contributed by atoms with E-state index >= 15 is 0 Å². The predicted molar refractivity (Wildman–Crippen MR) is 130 cm³/mol. The fraction of sp³-hybridized carbons (Fsp3) is 0.444. The molecule has 0 radical (unpaired) electrons. The van der Waals surface area contributed by atoms with Gasteiger partial charge in [0, 0.05) is 31.2 Å². The molecule has 1 amide bonds. The van der Waals surface area contributed by atoms with Gasteiger partial charge < -0.3 is 24.3 Å². The first-order valence-corrected chi connectivity index (χ1v) is 11.7. The number of benzene rings is 2. The number of ether oxygens (including phenoxy) is 4. The molecule has 3 rings (SSSR count). The number of amides is 1. The minimum Gasteiger partial charge on any atom is -0.494 e. The van der Waals surface area contributed by atoms with Gasteiger partial charge in [0.25, 0.3) is 0 Å². The van der Waals surface area contributed by atoms with E-state index in [1.807, 2.05) is 37.3 Å². The van der Waals surface area contributed by atoms with Gasteiger partial charge in [0.05, 0.1) is 20.3 Å². The van der Waals surface area contributed by atoms with Crippen molar-refractivity contribution in [3.63, 3.8) is 0 Å². The molecule has 1 N–H and O–H groups in total. The molecule has 6 heteroatoms. The second-order valence-corrected chi connectivity index (χ2v) is 8.16. The van der Waals surface area contributed by atoms with Crippen molar-refractivity contribution in [2.24, 2.45) is 0 Å². The van der Waals surface area contributed by atoms with Gasteiger partial charge in [-0.05, 0) is 67.7 Å². The number of carbonyl (C=O) groups excluding carboxylic acids is 1. The summed E-state index contributed by atoms with van der Waals surface area (Å²) in [4.78, 5) is 12.6. The van der Waals surface area contributed by atoms with Crippen molar-refractivity contribution < 1.29 is 23.7 Å². The first-order valence-electron chi connectivity index (χ1n) is 11.7. The van der Waals surface area contributed by atoms with Crippen LogP contribution in [0.1, 0.15) is 44.2 Å². The van der Waals surface area contributed by atoms with E-state index in [1.54, 1.807) is 19.3 Å². The molecule has 0 aromatic heterocycles. The maximum absolute atomic E-state index is 12.6. The van der Waals surface area contributed by atoms with Crippen molar-refractivity contribution in [1.82, 2.24) is 5.32 Å². The van der Waals surface area contributed by atoms with Crippen LogP contribution >= 0.6 is 0 Å². The highest BCUT2D eigenvalue weighted by atomic mass is 16.5. The van der Waals surface area contributed by atoms with Gasteiger partial charge in [0.2, 0.25) is 5.91 Å². The first kappa shape index (κ1) is 24.6. The smallest absolute Gasteiger partial charge is 0.244 e. The quantitative estimate of drug-likeness (QED) is 0.497. The van der Waals surface area contributed by atoms with E-state index < -0.39 is 0 Å². The van der Waals surface area contributed by atoms with E-state index in [2.05, 4.69) is 24.4 Å². The number of hydrogen-bond acceptors (Lipinski definition) is 5.